The van der Waals surface area contributed by atoms with Crippen molar-refractivity contribution in [3.63, 3.8) is 0 Å². The quantitative estimate of drug-likeness (QED) is 0.627. The molecule has 0 radical (unpaired) electrons. The lowest BCUT2D eigenvalue weighted by atomic mass is 10.0. The zero-order valence-corrected chi connectivity index (χ0v) is 10.1. The van der Waals surface area contributed by atoms with Crippen LogP contribution >= 0.6 is 15.9 Å². The molecule has 1 aromatic carbocycles. The smallest absolute Gasteiger partial charge is 0.338 e. The second-order valence-electron chi connectivity index (χ2n) is 2.93. The van der Waals surface area contributed by atoms with E-state index in [4.69, 9.17) is 0 Å². The van der Waals surface area contributed by atoms with Crippen molar-refractivity contribution in [2.45, 2.75) is 13.3 Å². The number of hydrogen-bond donors (Lipinski definition) is 0. The van der Waals surface area contributed by atoms with Gasteiger partial charge in [0.15, 0.2) is 5.78 Å². The van der Waals surface area contributed by atoms with Gasteiger partial charge in [-0.3, -0.25) is 4.79 Å². The number of halogens is 1. The molecule has 0 aliphatic heterocycles. The standard InChI is InChI=1S/C11H11BrO3/c1-3-9(13)10-7(11(14)15-2)5-4-6-8(10)12/h4-6H,3H2,1-2H3. The Bertz CT molecular complexity index is 399. The first-order valence-electron chi connectivity index (χ1n) is 4.51. The van der Waals surface area contributed by atoms with Gasteiger partial charge in [-0.1, -0.05) is 28.9 Å². The molecule has 0 N–H and O–H groups in total. The molecule has 4 heteroatoms. The van der Waals surface area contributed by atoms with Crippen molar-refractivity contribution in [3.8, 4) is 0 Å². The van der Waals surface area contributed by atoms with Gasteiger partial charge < -0.3 is 4.74 Å². The Labute approximate surface area is 96.6 Å². The summed E-state index contributed by atoms with van der Waals surface area (Å²) in [7, 11) is 1.30. The number of benzene rings is 1. The van der Waals surface area contributed by atoms with Crippen LogP contribution in [0.1, 0.15) is 34.1 Å². The van der Waals surface area contributed by atoms with Crippen molar-refractivity contribution in [3.05, 3.63) is 33.8 Å². The summed E-state index contributed by atoms with van der Waals surface area (Å²) >= 11 is 3.26. The number of esters is 1. The Morgan fingerprint density at radius 1 is 1.40 bits per heavy atom. The molecule has 0 aromatic heterocycles. The Morgan fingerprint density at radius 3 is 2.60 bits per heavy atom. The van der Waals surface area contributed by atoms with Crippen LogP contribution in [0.3, 0.4) is 0 Å². The zero-order valence-electron chi connectivity index (χ0n) is 8.54. The summed E-state index contributed by atoms with van der Waals surface area (Å²) in [4.78, 5) is 23.0. The molecule has 0 fully saturated rings. The maximum Gasteiger partial charge on any atom is 0.338 e. The SMILES string of the molecule is CCC(=O)c1c(Br)cccc1C(=O)OC. The van der Waals surface area contributed by atoms with E-state index >= 15 is 0 Å². The highest BCUT2D eigenvalue weighted by Crippen LogP contribution is 2.22. The van der Waals surface area contributed by atoms with Crippen LogP contribution in [0.2, 0.25) is 0 Å². The van der Waals surface area contributed by atoms with E-state index in [1.807, 2.05) is 0 Å². The van der Waals surface area contributed by atoms with Crippen LogP contribution in [0, 0.1) is 0 Å². The van der Waals surface area contributed by atoms with Crippen molar-refractivity contribution in [2.24, 2.45) is 0 Å². The van der Waals surface area contributed by atoms with Crippen molar-refractivity contribution < 1.29 is 14.3 Å². The fourth-order valence-electron chi connectivity index (χ4n) is 1.26. The van der Waals surface area contributed by atoms with Gasteiger partial charge in [0.1, 0.15) is 0 Å². The molecule has 0 amide bonds. The summed E-state index contributed by atoms with van der Waals surface area (Å²) in [5, 5.41) is 0. The maximum absolute atomic E-state index is 11.6. The number of methoxy groups -OCH3 is 1. The molecule has 15 heavy (non-hydrogen) atoms. The molecule has 0 saturated carbocycles. The molecule has 0 atom stereocenters. The van der Waals surface area contributed by atoms with Crippen molar-refractivity contribution in [1.29, 1.82) is 0 Å². The second-order valence-corrected chi connectivity index (χ2v) is 3.79. The van der Waals surface area contributed by atoms with E-state index in [1.54, 1.807) is 25.1 Å². The van der Waals surface area contributed by atoms with Crippen LogP contribution in [-0.4, -0.2) is 18.9 Å². The average Bonchev–Trinajstić information content (AvgIpc) is 2.26. The van der Waals surface area contributed by atoms with E-state index in [2.05, 4.69) is 20.7 Å². The van der Waals surface area contributed by atoms with Gasteiger partial charge in [-0.25, -0.2) is 4.79 Å². The number of Topliss-reactive ketones (excluding diaryl/α,β-unsaturated/α-hetero) is 1. The summed E-state index contributed by atoms with van der Waals surface area (Å²) in [6.07, 6.45) is 0.354. The number of ketones is 1. The largest absolute Gasteiger partial charge is 0.465 e. The Morgan fingerprint density at radius 2 is 2.07 bits per heavy atom. The van der Waals surface area contributed by atoms with Gasteiger partial charge in [-0.2, -0.15) is 0 Å². The summed E-state index contributed by atoms with van der Waals surface area (Å²) in [6, 6.07) is 5.01. The first-order chi connectivity index (χ1) is 7.11. The molecule has 0 aliphatic rings. The molecule has 1 aromatic rings. The van der Waals surface area contributed by atoms with E-state index in [0.717, 1.165) is 0 Å². The highest BCUT2D eigenvalue weighted by atomic mass is 79.9. The summed E-state index contributed by atoms with van der Waals surface area (Å²) in [6.45, 7) is 1.75. The summed E-state index contributed by atoms with van der Waals surface area (Å²) in [5.41, 5.74) is 0.700. The fourth-order valence-corrected chi connectivity index (χ4v) is 1.85. The molecule has 80 valence electrons. The molecule has 0 spiro atoms. The van der Waals surface area contributed by atoms with E-state index in [0.29, 0.717) is 22.0 Å². The second kappa shape index (κ2) is 5.07. The van der Waals surface area contributed by atoms with Crippen LogP contribution < -0.4 is 0 Å². The van der Waals surface area contributed by atoms with Gasteiger partial charge in [0.05, 0.1) is 12.7 Å². The number of carbonyl (C=O) groups is 2. The fraction of sp³-hybridized carbons (Fsp3) is 0.273. The Hall–Kier alpha value is -1.16. The van der Waals surface area contributed by atoms with Crippen molar-refractivity contribution in [1.82, 2.24) is 0 Å². The first kappa shape index (κ1) is 11.9. The highest BCUT2D eigenvalue weighted by Gasteiger charge is 2.18. The molecule has 0 saturated heterocycles. The van der Waals surface area contributed by atoms with Crippen LogP contribution in [0.5, 0.6) is 0 Å². The minimum atomic E-state index is -0.492. The number of ether oxygens (including phenoxy) is 1. The normalized spacial score (nSPS) is 9.80. The molecule has 1 rings (SSSR count). The lowest BCUT2D eigenvalue weighted by molar-refractivity contribution is 0.0597. The zero-order chi connectivity index (χ0) is 11.4. The molecule has 0 bridgehead atoms. The van der Waals surface area contributed by atoms with Gasteiger partial charge in [-0.05, 0) is 12.1 Å². The minimum Gasteiger partial charge on any atom is -0.465 e. The van der Waals surface area contributed by atoms with E-state index in [9.17, 15) is 9.59 Å². The van der Waals surface area contributed by atoms with Gasteiger partial charge in [-0.15, -0.1) is 0 Å². The number of carbonyl (C=O) groups excluding carboxylic acids is 2. The topological polar surface area (TPSA) is 43.4 Å². The third kappa shape index (κ3) is 2.45. The van der Waals surface area contributed by atoms with Crippen LogP contribution in [0.15, 0.2) is 22.7 Å². The molecule has 3 nitrogen and oxygen atoms in total. The third-order valence-corrected chi connectivity index (χ3v) is 2.68. The molecule has 0 heterocycles. The Balaban J connectivity index is 3.32. The summed E-state index contributed by atoms with van der Waals surface area (Å²) < 4.78 is 5.24. The van der Waals surface area contributed by atoms with Crippen molar-refractivity contribution in [2.75, 3.05) is 7.11 Å². The summed E-state index contributed by atoms with van der Waals surface area (Å²) in [5.74, 6) is -0.573. The maximum atomic E-state index is 11.6. The predicted octanol–water partition coefficient (Wildman–Crippen LogP) is 2.83. The van der Waals surface area contributed by atoms with E-state index in [1.165, 1.54) is 7.11 Å². The van der Waals surface area contributed by atoms with Crippen LogP contribution in [-0.2, 0) is 4.74 Å². The van der Waals surface area contributed by atoms with Gasteiger partial charge >= 0.3 is 5.97 Å². The van der Waals surface area contributed by atoms with Crippen LogP contribution in [0.25, 0.3) is 0 Å². The lowest BCUT2D eigenvalue weighted by Gasteiger charge is -2.07. The minimum absolute atomic E-state index is 0.0807. The molecule has 0 aliphatic carbocycles. The van der Waals surface area contributed by atoms with E-state index in [-0.39, 0.29) is 5.78 Å². The van der Waals surface area contributed by atoms with Gasteiger partial charge in [0.25, 0.3) is 0 Å². The number of hydrogen-bond acceptors (Lipinski definition) is 3. The highest BCUT2D eigenvalue weighted by molar-refractivity contribution is 9.10. The third-order valence-electron chi connectivity index (χ3n) is 2.02. The predicted molar refractivity (Wildman–Crippen MR) is 60.1 cm³/mol. The molecule has 0 unspecified atom stereocenters. The average molecular weight is 271 g/mol. The van der Waals surface area contributed by atoms with Gasteiger partial charge in [0, 0.05) is 16.5 Å². The van der Waals surface area contributed by atoms with Crippen molar-refractivity contribution >= 4 is 27.7 Å². The molecular weight excluding hydrogens is 260 g/mol. The first-order valence-corrected chi connectivity index (χ1v) is 5.31. The van der Waals surface area contributed by atoms with Crippen LogP contribution in [0.4, 0.5) is 0 Å². The Kier molecular flexibility index (Phi) is 4.03. The monoisotopic (exact) mass is 270 g/mol. The lowest BCUT2D eigenvalue weighted by Crippen LogP contribution is -2.10. The number of rotatable bonds is 3. The van der Waals surface area contributed by atoms with Gasteiger partial charge in [0.2, 0.25) is 0 Å². The molecular formula is C11H11BrO3. The van der Waals surface area contributed by atoms with E-state index < -0.39 is 5.97 Å².